The van der Waals surface area contributed by atoms with Gasteiger partial charge in [0.15, 0.2) is 0 Å². The van der Waals surface area contributed by atoms with Crippen LogP contribution in [0.1, 0.15) is 19.8 Å². The van der Waals surface area contributed by atoms with Gasteiger partial charge in [-0.2, -0.15) is 4.98 Å². The van der Waals surface area contributed by atoms with Crippen LogP contribution in [0.4, 0.5) is 11.9 Å². The summed E-state index contributed by atoms with van der Waals surface area (Å²) in [5.74, 6) is 0.978. The number of piperidine rings is 1. The molecule has 2 heterocycles. The van der Waals surface area contributed by atoms with Crippen molar-refractivity contribution in [2.45, 2.75) is 25.8 Å². The highest BCUT2D eigenvalue weighted by Crippen LogP contribution is 2.13. The Labute approximate surface area is 89.2 Å². The molecule has 0 aromatic carbocycles. The van der Waals surface area contributed by atoms with Crippen molar-refractivity contribution >= 4 is 11.9 Å². The fourth-order valence-corrected chi connectivity index (χ4v) is 1.91. The Balaban J connectivity index is 1.82. The number of aromatic nitrogens is 3. The van der Waals surface area contributed by atoms with Gasteiger partial charge < -0.3 is 16.0 Å². The third kappa shape index (κ3) is 2.59. The van der Waals surface area contributed by atoms with Gasteiger partial charge in [0.2, 0.25) is 11.9 Å². The second-order valence-corrected chi connectivity index (χ2v) is 3.90. The maximum atomic E-state index is 5.45. The smallest absolute Gasteiger partial charge is 0.243 e. The summed E-state index contributed by atoms with van der Waals surface area (Å²) in [7, 11) is 0. The Morgan fingerprint density at radius 1 is 1.53 bits per heavy atom. The number of nitrogen functional groups attached to an aromatic ring is 1. The molecule has 2 rings (SSSR count). The van der Waals surface area contributed by atoms with Crippen molar-refractivity contribution in [1.29, 1.82) is 0 Å². The molecule has 0 unspecified atom stereocenters. The van der Waals surface area contributed by atoms with Crippen LogP contribution in [0, 0.1) is 0 Å². The van der Waals surface area contributed by atoms with E-state index < -0.39 is 0 Å². The van der Waals surface area contributed by atoms with E-state index in [1.807, 2.05) is 0 Å². The molecule has 6 nitrogen and oxygen atoms in total. The SMILES string of the molecule is CCN1CCC(Nc2n[nH]c(N)n2)CC1. The number of likely N-dealkylation sites (tertiary alicyclic amines) is 1. The first kappa shape index (κ1) is 10.2. The lowest BCUT2D eigenvalue weighted by Gasteiger charge is -2.31. The van der Waals surface area contributed by atoms with Crippen LogP contribution >= 0.6 is 0 Å². The molecule has 84 valence electrons. The molecular weight excluding hydrogens is 192 g/mol. The molecule has 0 amide bonds. The first-order valence-corrected chi connectivity index (χ1v) is 5.44. The lowest BCUT2D eigenvalue weighted by Crippen LogP contribution is -2.39. The molecule has 1 aromatic heterocycles. The maximum absolute atomic E-state index is 5.45. The van der Waals surface area contributed by atoms with Crippen molar-refractivity contribution in [1.82, 2.24) is 20.1 Å². The van der Waals surface area contributed by atoms with E-state index in [1.165, 1.54) is 0 Å². The van der Waals surface area contributed by atoms with Gasteiger partial charge in [-0.25, -0.2) is 5.10 Å². The average Bonchev–Trinajstić information content (AvgIpc) is 2.65. The molecule has 4 N–H and O–H groups in total. The van der Waals surface area contributed by atoms with E-state index in [2.05, 4.69) is 32.3 Å². The maximum Gasteiger partial charge on any atom is 0.243 e. The van der Waals surface area contributed by atoms with Crippen molar-refractivity contribution in [2.75, 3.05) is 30.7 Å². The molecule has 1 aromatic rings. The van der Waals surface area contributed by atoms with Gasteiger partial charge in [-0.1, -0.05) is 6.92 Å². The summed E-state index contributed by atoms with van der Waals surface area (Å²) in [5, 5.41) is 9.87. The van der Waals surface area contributed by atoms with Gasteiger partial charge in [-0.3, -0.25) is 0 Å². The van der Waals surface area contributed by atoms with E-state index in [0.717, 1.165) is 32.5 Å². The second kappa shape index (κ2) is 4.48. The summed E-state index contributed by atoms with van der Waals surface area (Å²) >= 11 is 0. The number of nitrogens with zero attached hydrogens (tertiary/aromatic N) is 3. The number of nitrogens with two attached hydrogens (primary N) is 1. The third-order valence-electron chi connectivity index (χ3n) is 2.87. The minimum atomic E-state index is 0.364. The van der Waals surface area contributed by atoms with Crippen LogP contribution in [-0.2, 0) is 0 Å². The molecule has 15 heavy (non-hydrogen) atoms. The molecule has 0 radical (unpaired) electrons. The first-order chi connectivity index (χ1) is 7.28. The first-order valence-electron chi connectivity index (χ1n) is 5.44. The molecule has 0 spiro atoms. The lowest BCUT2D eigenvalue weighted by molar-refractivity contribution is 0.229. The van der Waals surface area contributed by atoms with Crippen molar-refractivity contribution < 1.29 is 0 Å². The highest BCUT2D eigenvalue weighted by atomic mass is 15.3. The van der Waals surface area contributed by atoms with Crippen LogP contribution in [0.5, 0.6) is 0 Å². The van der Waals surface area contributed by atoms with E-state index >= 15 is 0 Å². The Bertz CT molecular complexity index is 301. The summed E-state index contributed by atoms with van der Waals surface area (Å²) in [5.41, 5.74) is 5.45. The minimum Gasteiger partial charge on any atom is -0.368 e. The fraction of sp³-hybridized carbons (Fsp3) is 0.778. The molecule has 0 aliphatic carbocycles. The van der Waals surface area contributed by atoms with Gasteiger partial charge in [-0.15, -0.1) is 5.10 Å². The molecule has 1 aliphatic heterocycles. The second-order valence-electron chi connectivity index (χ2n) is 3.90. The highest BCUT2D eigenvalue weighted by molar-refractivity contribution is 5.30. The molecule has 6 heteroatoms. The number of aromatic amines is 1. The fourth-order valence-electron chi connectivity index (χ4n) is 1.91. The standard InChI is InChI=1S/C9H18N6/c1-2-15-5-3-7(4-6-15)11-9-12-8(10)13-14-9/h7H,2-6H2,1H3,(H4,10,11,12,13,14). The molecular formula is C9H18N6. The van der Waals surface area contributed by atoms with Crippen molar-refractivity contribution in [3.05, 3.63) is 0 Å². The van der Waals surface area contributed by atoms with Crippen LogP contribution in [0.25, 0.3) is 0 Å². The summed E-state index contributed by atoms with van der Waals surface area (Å²) in [6.45, 7) is 5.63. The number of H-pyrrole nitrogens is 1. The van der Waals surface area contributed by atoms with Crippen molar-refractivity contribution in [3.8, 4) is 0 Å². The van der Waals surface area contributed by atoms with Gasteiger partial charge in [0.1, 0.15) is 0 Å². The normalized spacial score (nSPS) is 19.3. The summed E-state index contributed by atoms with van der Waals surface area (Å²) in [6.07, 6.45) is 2.28. The number of rotatable bonds is 3. The van der Waals surface area contributed by atoms with Gasteiger partial charge in [0, 0.05) is 19.1 Å². The predicted octanol–water partition coefficient (Wildman–Crippen LogP) is 0.283. The number of hydrogen-bond acceptors (Lipinski definition) is 5. The number of anilines is 2. The van der Waals surface area contributed by atoms with Gasteiger partial charge in [-0.05, 0) is 19.4 Å². The van der Waals surface area contributed by atoms with E-state index in [1.54, 1.807) is 0 Å². The molecule has 0 saturated carbocycles. The molecule has 0 atom stereocenters. The summed E-state index contributed by atoms with van der Waals surface area (Å²) < 4.78 is 0. The highest BCUT2D eigenvalue weighted by Gasteiger charge is 2.18. The van der Waals surface area contributed by atoms with Crippen molar-refractivity contribution in [2.24, 2.45) is 0 Å². The van der Waals surface area contributed by atoms with E-state index in [9.17, 15) is 0 Å². The molecule has 1 saturated heterocycles. The van der Waals surface area contributed by atoms with Crippen LogP contribution in [0.15, 0.2) is 0 Å². The Kier molecular flexibility index (Phi) is 3.05. The van der Waals surface area contributed by atoms with Gasteiger partial charge >= 0.3 is 0 Å². The van der Waals surface area contributed by atoms with E-state index in [0.29, 0.717) is 17.9 Å². The zero-order chi connectivity index (χ0) is 10.7. The zero-order valence-corrected chi connectivity index (χ0v) is 9.03. The monoisotopic (exact) mass is 210 g/mol. The Hall–Kier alpha value is -1.30. The van der Waals surface area contributed by atoms with Gasteiger partial charge in [0.25, 0.3) is 0 Å². The Morgan fingerprint density at radius 2 is 2.27 bits per heavy atom. The van der Waals surface area contributed by atoms with Gasteiger partial charge in [0.05, 0.1) is 0 Å². The average molecular weight is 210 g/mol. The van der Waals surface area contributed by atoms with Crippen LogP contribution in [0.3, 0.4) is 0 Å². The predicted molar refractivity (Wildman–Crippen MR) is 59.6 cm³/mol. The molecule has 0 bridgehead atoms. The van der Waals surface area contributed by atoms with Crippen LogP contribution in [0.2, 0.25) is 0 Å². The molecule has 1 fully saturated rings. The summed E-state index contributed by atoms with van der Waals surface area (Å²) in [4.78, 5) is 6.48. The molecule has 1 aliphatic rings. The minimum absolute atomic E-state index is 0.364. The van der Waals surface area contributed by atoms with E-state index in [-0.39, 0.29) is 0 Å². The third-order valence-corrected chi connectivity index (χ3v) is 2.87. The van der Waals surface area contributed by atoms with Crippen molar-refractivity contribution in [3.63, 3.8) is 0 Å². The number of hydrogen-bond donors (Lipinski definition) is 3. The van der Waals surface area contributed by atoms with E-state index in [4.69, 9.17) is 5.73 Å². The Morgan fingerprint density at radius 3 is 2.80 bits per heavy atom. The zero-order valence-electron chi connectivity index (χ0n) is 9.03. The quantitative estimate of drug-likeness (QED) is 0.667. The van der Waals surface area contributed by atoms with Crippen LogP contribution < -0.4 is 11.1 Å². The topological polar surface area (TPSA) is 82.9 Å². The largest absolute Gasteiger partial charge is 0.368 e. The summed E-state index contributed by atoms with van der Waals surface area (Å²) in [6, 6.07) is 0.475. The van der Waals surface area contributed by atoms with Crippen LogP contribution in [-0.4, -0.2) is 45.8 Å². The lowest BCUT2D eigenvalue weighted by atomic mass is 10.1. The number of nitrogens with one attached hydrogen (secondary N) is 2.